The molecule has 7 heteroatoms. The van der Waals surface area contributed by atoms with Gasteiger partial charge in [-0.25, -0.2) is 0 Å². The van der Waals surface area contributed by atoms with Gasteiger partial charge in [0.05, 0.1) is 30.9 Å². The number of benzene rings is 2. The number of rotatable bonds is 16. The quantitative estimate of drug-likeness (QED) is 0.172. The Morgan fingerprint density at radius 2 is 1.81 bits per heavy atom. The van der Waals surface area contributed by atoms with Crippen molar-refractivity contribution >= 4 is 23.1 Å². The predicted octanol–water partition coefficient (Wildman–Crippen LogP) is 11.5. The molecule has 4 rings (SSSR count). The summed E-state index contributed by atoms with van der Waals surface area (Å²) < 4.78 is 17.3. The highest BCUT2D eigenvalue weighted by atomic mass is 35.5. The molecule has 1 heterocycles. The molecule has 6 nitrogen and oxygen atoms in total. The van der Waals surface area contributed by atoms with Gasteiger partial charge < -0.3 is 24.0 Å². The van der Waals surface area contributed by atoms with Crippen molar-refractivity contribution in [1.29, 1.82) is 0 Å². The standard InChI is InChI=1S/C43H55ClN2O4.C2H6/c1-10-14-32-18-20-37(41(44)42(32)50-9)43(47)45(24-22-29(2)3)28-38(30(4)5)39(46-23-12-11-15-31(46)6)27-35-25-34(19-21-40(35)49-8)33-16-13-17-36(26-33)48-7;1-2/h11-13,15-20,23,25-26,29-30,40H,6,10,14,21-22,24,27-28H2,1-5,7-9H3;1-2H3/b39-38-;. The molecule has 0 aromatic heterocycles. The van der Waals surface area contributed by atoms with E-state index in [1.165, 1.54) is 0 Å². The number of ether oxygens (including phenoxy) is 3. The monoisotopic (exact) mass is 728 g/mol. The van der Waals surface area contributed by atoms with Gasteiger partial charge >= 0.3 is 0 Å². The van der Waals surface area contributed by atoms with Crippen LogP contribution in [0.15, 0.2) is 102 Å². The van der Waals surface area contributed by atoms with Crippen molar-refractivity contribution < 1.29 is 19.0 Å². The minimum Gasteiger partial charge on any atom is -0.497 e. The van der Waals surface area contributed by atoms with Gasteiger partial charge in [0.2, 0.25) is 0 Å². The normalized spacial score (nSPS) is 15.9. The summed E-state index contributed by atoms with van der Waals surface area (Å²) in [6.07, 6.45) is 16.5. The predicted molar refractivity (Wildman–Crippen MR) is 219 cm³/mol. The maximum absolute atomic E-state index is 14.5. The third-order valence-electron chi connectivity index (χ3n) is 9.43. The number of hydrogen-bond acceptors (Lipinski definition) is 5. The minimum absolute atomic E-state index is 0.0862. The molecule has 2 aromatic rings. The van der Waals surface area contributed by atoms with Crippen LogP contribution in [0, 0.1) is 11.8 Å². The first-order valence-electron chi connectivity index (χ1n) is 18.8. The Morgan fingerprint density at radius 1 is 1.06 bits per heavy atom. The van der Waals surface area contributed by atoms with Crippen molar-refractivity contribution in [3.05, 3.63) is 124 Å². The van der Waals surface area contributed by atoms with E-state index in [-0.39, 0.29) is 17.9 Å². The van der Waals surface area contributed by atoms with E-state index in [9.17, 15) is 4.79 Å². The first-order valence-corrected chi connectivity index (χ1v) is 19.2. The summed E-state index contributed by atoms with van der Waals surface area (Å²) in [5, 5.41) is 0.373. The van der Waals surface area contributed by atoms with E-state index in [1.807, 2.05) is 61.2 Å². The SMILES string of the molecule is C=C1C=CC=CN1/C(CC1=CC(c2cccc(OC)c2)=CCC1OC)=C(/CN(CCC(C)C)C(=O)c1ccc(CCC)c(OC)c1Cl)C(C)C.CC. The van der Waals surface area contributed by atoms with Gasteiger partial charge in [-0.05, 0) is 89.3 Å². The van der Waals surface area contributed by atoms with Crippen LogP contribution in [0.1, 0.15) is 95.6 Å². The zero-order chi connectivity index (χ0) is 38.4. The van der Waals surface area contributed by atoms with E-state index in [0.717, 1.165) is 70.7 Å². The van der Waals surface area contributed by atoms with Crippen LogP contribution in [-0.2, 0) is 11.2 Å². The number of halogens is 1. The Kier molecular flexibility index (Phi) is 17.0. The van der Waals surface area contributed by atoms with Crippen LogP contribution >= 0.6 is 11.6 Å². The number of methoxy groups -OCH3 is 3. The Labute approximate surface area is 319 Å². The van der Waals surface area contributed by atoms with Crippen molar-refractivity contribution in [2.24, 2.45) is 11.8 Å². The van der Waals surface area contributed by atoms with Gasteiger partial charge in [-0.1, -0.05) is 109 Å². The maximum Gasteiger partial charge on any atom is 0.255 e. The van der Waals surface area contributed by atoms with Crippen LogP contribution in [0.2, 0.25) is 5.02 Å². The molecular formula is C45H61ClN2O4. The van der Waals surface area contributed by atoms with Crippen LogP contribution in [-0.4, -0.2) is 56.2 Å². The second-order valence-electron chi connectivity index (χ2n) is 13.7. The van der Waals surface area contributed by atoms with Crippen molar-refractivity contribution in [1.82, 2.24) is 9.80 Å². The van der Waals surface area contributed by atoms with Crippen molar-refractivity contribution in [2.45, 2.75) is 86.7 Å². The van der Waals surface area contributed by atoms with Gasteiger partial charge in [0, 0.05) is 44.2 Å². The van der Waals surface area contributed by atoms with E-state index in [1.54, 1.807) is 21.3 Å². The largest absolute Gasteiger partial charge is 0.497 e. The topological polar surface area (TPSA) is 51.2 Å². The van der Waals surface area contributed by atoms with E-state index < -0.39 is 0 Å². The number of carbonyl (C=O) groups is 1. The lowest BCUT2D eigenvalue weighted by Gasteiger charge is -2.35. The zero-order valence-corrected chi connectivity index (χ0v) is 34.0. The first kappa shape index (κ1) is 42.4. The molecule has 1 aliphatic heterocycles. The van der Waals surface area contributed by atoms with Crippen LogP contribution in [0.3, 0.4) is 0 Å². The van der Waals surface area contributed by atoms with Gasteiger partial charge in [-0.2, -0.15) is 0 Å². The highest BCUT2D eigenvalue weighted by molar-refractivity contribution is 6.35. The molecular weight excluding hydrogens is 668 g/mol. The molecule has 1 amide bonds. The molecule has 0 fully saturated rings. The molecule has 0 N–H and O–H groups in total. The van der Waals surface area contributed by atoms with Gasteiger partial charge in [-0.3, -0.25) is 4.79 Å². The van der Waals surface area contributed by atoms with Crippen LogP contribution in [0.25, 0.3) is 5.57 Å². The van der Waals surface area contributed by atoms with Crippen molar-refractivity contribution in [3.63, 3.8) is 0 Å². The zero-order valence-electron chi connectivity index (χ0n) is 33.2. The van der Waals surface area contributed by atoms with Crippen LogP contribution in [0.4, 0.5) is 0 Å². The summed E-state index contributed by atoms with van der Waals surface area (Å²) >= 11 is 6.94. The summed E-state index contributed by atoms with van der Waals surface area (Å²) in [6.45, 7) is 20.3. The fraction of sp³-hybridized carbons (Fsp3) is 0.444. The number of carbonyl (C=O) groups excluding carboxylic acids is 1. The lowest BCUT2D eigenvalue weighted by atomic mass is 9.87. The summed E-state index contributed by atoms with van der Waals surface area (Å²) in [7, 11) is 5.08. The molecule has 0 spiro atoms. The summed E-state index contributed by atoms with van der Waals surface area (Å²) in [6, 6.07) is 12.0. The molecule has 1 aliphatic carbocycles. The van der Waals surface area contributed by atoms with Crippen molar-refractivity contribution in [3.8, 4) is 11.5 Å². The van der Waals surface area contributed by atoms with Gasteiger partial charge in [0.1, 0.15) is 11.5 Å². The van der Waals surface area contributed by atoms with E-state index >= 15 is 0 Å². The Morgan fingerprint density at radius 3 is 2.42 bits per heavy atom. The van der Waals surface area contributed by atoms with E-state index in [2.05, 4.69) is 76.6 Å². The minimum atomic E-state index is -0.0997. The van der Waals surface area contributed by atoms with E-state index in [0.29, 0.717) is 41.8 Å². The molecule has 0 bridgehead atoms. The fourth-order valence-corrected chi connectivity index (χ4v) is 6.88. The third kappa shape index (κ3) is 10.8. The molecule has 2 aromatic carbocycles. The molecule has 0 saturated heterocycles. The van der Waals surface area contributed by atoms with Gasteiger partial charge in [0.25, 0.3) is 5.91 Å². The smallest absolute Gasteiger partial charge is 0.255 e. The fourth-order valence-electron chi connectivity index (χ4n) is 6.54. The lowest BCUT2D eigenvalue weighted by molar-refractivity contribution is 0.0759. The number of allylic oxidation sites excluding steroid dienone is 6. The average Bonchev–Trinajstić information content (AvgIpc) is 3.15. The molecule has 1 unspecified atom stereocenters. The summed E-state index contributed by atoms with van der Waals surface area (Å²) in [5.74, 6) is 1.85. The van der Waals surface area contributed by atoms with E-state index in [4.69, 9.17) is 25.8 Å². The summed E-state index contributed by atoms with van der Waals surface area (Å²) in [5.41, 5.74) is 7.98. The highest BCUT2D eigenvalue weighted by Gasteiger charge is 2.29. The summed E-state index contributed by atoms with van der Waals surface area (Å²) in [4.78, 5) is 18.7. The van der Waals surface area contributed by atoms with Crippen molar-refractivity contribution in [2.75, 3.05) is 34.4 Å². The lowest BCUT2D eigenvalue weighted by Crippen LogP contribution is -2.37. The first-order chi connectivity index (χ1) is 25.0. The molecule has 2 aliphatic rings. The third-order valence-corrected chi connectivity index (χ3v) is 9.80. The molecule has 52 heavy (non-hydrogen) atoms. The highest BCUT2D eigenvalue weighted by Crippen LogP contribution is 2.37. The Bertz CT molecular complexity index is 1680. The second-order valence-corrected chi connectivity index (χ2v) is 14.1. The van der Waals surface area contributed by atoms with Gasteiger partial charge in [0.15, 0.2) is 0 Å². The molecule has 0 radical (unpaired) electrons. The van der Waals surface area contributed by atoms with Crippen LogP contribution < -0.4 is 9.47 Å². The maximum atomic E-state index is 14.5. The van der Waals surface area contributed by atoms with Crippen LogP contribution in [0.5, 0.6) is 11.5 Å². The number of aryl methyl sites for hydroxylation is 1. The Balaban J connectivity index is 0.00000358. The average molecular weight is 729 g/mol. The number of hydrogen-bond donors (Lipinski definition) is 0. The number of amides is 1. The molecule has 1 atom stereocenters. The molecule has 0 saturated carbocycles. The van der Waals surface area contributed by atoms with Gasteiger partial charge in [-0.15, -0.1) is 0 Å². The number of nitrogens with zero attached hydrogens (tertiary/aromatic N) is 2. The second kappa shape index (κ2) is 20.9. The Hall–Kier alpha value is -4.00. The molecule has 282 valence electrons.